The third-order valence-corrected chi connectivity index (χ3v) is 5.60. The van der Waals surface area contributed by atoms with Crippen molar-refractivity contribution in [1.29, 1.82) is 0 Å². The van der Waals surface area contributed by atoms with Crippen molar-refractivity contribution in [2.75, 3.05) is 6.54 Å². The Morgan fingerprint density at radius 3 is 2.57 bits per heavy atom. The predicted octanol–water partition coefficient (Wildman–Crippen LogP) is 3.06. The van der Waals surface area contributed by atoms with Crippen molar-refractivity contribution in [3.8, 4) is 0 Å². The van der Waals surface area contributed by atoms with E-state index in [-0.39, 0.29) is 15.9 Å². The topological polar surface area (TPSA) is 63.2 Å². The number of hydrogen-bond acceptors (Lipinski definition) is 3. The third-order valence-electron chi connectivity index (χ3n) is 4.25. The van der Waals surface area contributed by atoms with Crippen LogP contribution in [-0.4, -0.2) is 20.9 Å². The van der Waals surface area contributed by atoms with E-state index in [1.54, 1.807) is 0 Å². The molecule has 0 saturated heterocycles. The molecule has 4 nitrogen and oxygen atoms in total. The molecule has 0 radical (unpaired) electrons. The average molecular weight is 334 g/mol. The van der Waals surface area contributed by atoms with Gasteiger partial charge in [-0.1, -0.05) is 13.3 Å². The Balaban J connectivity index is 2.15. The van der Waals surface area contributed by atoms with Crippen molar-refractivity contribution in [2.24, 2.45) is 5.41 Å². The minimum atomic E-state index is -3.99. The van der Waals surface area contributed by atoms with E-state index >= 15 is 0 Å². The number of carbonyl (C=O) groups is 1. The normalized spacial score (nSPS) is 17.1. The standard InChI is InChI=1S/C14H17ClFNO3S/c1-2-14(6-3-7-14)9-17-13(18)11-8-10(21(15,19)20)4-5-12(11)16/h4-5,8H,2-3,6-7,9H2,1H3,(H,17,18). The molecule has 0 atom stereocenters. The first kappa shape index (κ1) is 16.2. The van der Waals surface area contributed by atoms with Gasteiger partial charge >= 0.3 is 0 Å². The van der Waals surface area contributed by atoms with Gasteiger partial charge in [-0.25, -0.2) is 12.8 Å². The molecule has 7 heteroatoms. The van der Waals surface area contributed by atoms with Crippen LogP contribution < -0.4 is 5.32 Å². The molecular weight excluding hydrogens is 317 g/mol. The fraction of sp³-hybridized carbons (Fsp3) is 0.500. The van der Waals surface area contributed by atoms with Gasteiger partial charge in [-0.2, -0.15) is 0 Å². The summed E-state index contributed by atoms with van der Waals surface area (Å²) in [6.07, 6.45) is 4.18. The predicted molar refractivity (Wildman–Crippen MR) is 78.3 cm³/mol. The fourth-order valence-corrected chi connectivity index (χ4v) is 3.30. The van der Waals surface area contributed by atoms with Crippen LogP contribution in [0.2, 0.25) is 0 Å². The van der Waals surface area contributed by atoms with E-state index in [4.69, 9.17) is 10.7 Å². The van der Waals surface area contributed by atoms with Crippen molar-refractivity contribution in [3.05, 3.63) is 29.6 Å². The summed E-state index contributed by atoms with van der Waals surface area (Å²) in [5, 5.41) is 2.70. The van der Waals surface area contributed by atoms with E-state index in [2.05, 4.69) is 12.2 Å². The SMILES string of the molecule is CCC1(CNC(=O)c2cc(S(=O)(=O)Cl)ccc2F)CCC1. The zero-order chi connectivity index (χ0) is 15.7. The third kappa shape index (κ3) is 3.55. The van der Waals surface area contributed by atoms with Gasteiger partial charge in [0.1, 0.15) is 5.82 Å². The fourth-order valence-electron chi connectivity index (χ4n) is 2.53. The summed E-state index contributed by atoms with van der Waals surface area (Å²) in [5.74, 6) is -1.38. The van der Waals surface area contributed by atoms with Crippen LogP contribution in [-0.2, 0) is 9.05 Å². The zero-order valence-electron chi connectivity index (χ0n) is 11.7. The smallest absolute Gasteiger partial charge is 0.261 e. The van der Waals surface area contributed by atoms with Gasteiger partial charge in [0.25, 0.3) is 15.0 Å². The lowest BCUT2D eigenvalue weighted by Crippen LogP contribution is -2.41. The lowest BCUT2D eigenvalue weighted by molar-refractivity contribution is 0.0846. The molecule has 1 aromatic carbocycles. The molecule has 1 saturated carbocycles. The summed E-state index contributed by atoms with van der Waals surface area (Å²) in [4.78, 5) is 11.8. The highest BCUT2D eigenvalue weighted by Crippen LogP contribution is 2.43. The van der Waals surface area contributed by atoms with Gasteiger partial charge in [0.15, 0.2) is 0 Å². The summed E-state index contributed by atoms with van der Waals surface area (Å²) in [6.45, 7) is 2.53. The summed E-state index contributed by atoms with van der Waals surface area (Å²) in [6, 6.07) is 2.93. The first-order valence-electron chi connectivity index (χ1n) is 6.80. The summed E-state index contributed by atoms with van der Waals surface area (Å²) < 4.78 is 36.2. The van der Waals surface area contributed by atoms with Gasteiger partial charge in [0.05, 0.1) is 10.5 Å². The van der Waals surface area contributed by atoms with Crippen LogP contribution in [0.1, 0.15) is 43.0 Å². The van der Waals surface area contributed by atoms with Crippen LogP contribution in [0.15, 0.2) is 23.1 Å². The van der Waals surface area contributed by atoms with E-state index in [0.29, 0.717) is 6.54 Å². The van der Waals surface area contributed by atoms with E-state index in [0.717, 1.165) is 43.9 Å². The highest BCUT2D eigenvalue weighted by molar-refractivity contribution is 8.13. The molecular formula is C14H17ClFNO3S. The van der Waals surface area contributed by atoms with E-state index in [1.165, 1.54) is 0 Å². The minimum Gasteiger partial charge on any atom is -0.351 e. The summed E-state index contributed by atoms with van der Waals surface area (Å²) in [5.41, 5.74) is -0.204. The summed E-state index contributed by atoms with van der Waals surface area (Å²) in [7, 11) is 1.22. The summed E-state index contributed by atoms with van der Waals surface area (Å²) >= 11 is 0. The van der Waals surface area contributed by atoms with Crippen LogP contribution in [0.3, 0.4) is 0 Å². The average Bonchev–Trinajstić information content (AvgIpc) is 2.36. The molecule has 1 N–H and O–H groups in total. The Morgan fingerprint density at radius 2 is 2.10 bits per heavy atom. The van der Waals surface area contributed by atoms with Gasteiger partial charge < -0.3 is 5.32 Å². The second kappa shape index (κ2) is 5.93. The van der Waals surface area contributed by atoms with Crippen LogP contribution in [0.25, 0.3) is 0 Å². The number of rotatable bonds is 5. The molecule has 1 aromatic rings. The minimum absolute atomic E-state index is 0.0995. The Morgan fingerprint density at radius 1 is 1.43 bits per heavy atom. The quantitative estimate of drug-likeness (QED) is 0.842. The molecule has 0 aromatic heterocycles. The lowest BCUT2D eigenvalue weighted by Gasteiger charge is -2.41. The maximum atomic E-state index is 13.7. The van der Waals surface area contributed by atoms with Crippen LogP contribution in [0.4, 0.5) is 4.39 Å². The number of carbonyl (C=O) groups excluding carboxylic acids is 1. The highest BCUT2D eigenvalue weighted by Gasteiger charge is 2.35. The van der Waals surface area contributed by atoms with Gasteiger partial charge in [0.2, 0.25) is 0 Å². The van der Waals surface area contributed by atoms with Crippen molar-refractivity contribution < 1.29 is 17.6 Å². The molecule has 0 heterocycles. The van der Waals surface area contributed by atoms with E-state index in [1.807, 2.05) is 0 Å². The van der Waals surface area contributed by atoms with Crippen molar-refractivity contribution in [3.63, 3.8) is 0 Å². The molecule has 1 aliphatic carbocycles. The van der Waals surface area contributed by atoms with Gasteiger partial charge in [0, 0.05) is 17.2 Å². The molecule has 0 unspecified atom stereocenters. The maximum absolute atomic E-state index is 13.7. The molecule has 2 rings (SSSR count). The molecule has 0 aliphatic heterocycles. The highest BCUT2D eigenvalue weighted by atomic mass is 35.7. The second-order valence-corrected chi connectivity index (χ2v) is 8.04. The Labute approximate surface area is 128 Å². The first-order valence-corrected chi connectivity index (χ1v) is 9.11. The van der Waals surface area contributed by atoms with Crippen LogP contribution >= 0.6 is 10.7 Å². The van der Waals surface area contributed by atoms with Crippen molar-refractivity contribution >= 4 is 25.6 Å². The molecule has 1 aliphatic rings. The molecule has 1 fully saturated rings. The molecule has 0 bridgehead atoms. The van der Waals surface area contributed by atoms with Crippen LogP contribution in [0, 0.1) is 11.2 Å². The monoisotopic (exact) mass is 333 g/mol. The number of benzene rings is 1. The molecule has 116 valence electrons. The number of halogens is 2. The Bertz CT molecular complexity index is 651. The van der Waals surface area contributed by atoms with Crippen LogP contribution in [0.5, 0.6) is 0 Å². The Hall–Kier alpha value is -1.14. The van der Waals surface area contributed by atoms with Gasteiger partial charge in [-0.05, 0) is 42.9 Å². The number of amides is 1. The van der Waals surface area contributed by atoms with E-state index in [9.17, 15) is 17.6 Å². The second-order valence-electron chi connectivity index (χ2n) is 5.47. The largest absolute Gasteiger partial charge is 0.351 e. The first-order chi connectivity index (χ1) is 9.77. The van der Waals surface area contributed by atoms with E-state index < -0.39 is 20.8 Å². The van der Waals surface area contributed by atoms with Gasteiger partial charge in [-0.15, -0.1) is 0 Å². The zero-order valence-corrected chi connectivity index (χ0v) is 13.2. The van der Waals surface area contributed by atoms with Crippen molar-refractivity contribution in [1.82, 2.24) is 5.32 Å². The maximum Gasteiger partial charge on any atom is 0.261 e. The molecule has 21 heavy (non-hydrogen) atoms. The lowest BCUT2D eigenvalue weighted by atomic mass is 9.67. The van der Waals surface area contributed by atoms with Crippen molar-refractivity contribution in [2.45, 2.75) is 37.5 Å². The molecule has 1 amide bonds. The van der Waals surface area contributed by atoms with Gasteiger partial charge in [-0.3, -0.25) is 4.79 Å². The Kier molecular flexibility index (Phi) is 4.58. The number of nitrogens with one attached hydrogen (secondary N) is 1. The molecule has 0 spiro atoms. The number of hydrogen-bond donors (Lipinski definition) is 1.